The van der Waals surface area contributed by atoms with Crippen LogP contribution in [0.5, 0.6) is 5.75 Å². The van der Waals surface area contributed by atoms with Crippen molar-refractivity contribution in [3.63, 3.8) is 0 Å². The molecule has 0 heterocycles. The van der Waals surface area contributed by atoms with E-state index in [1.54, 1.807) is 19.2 Å². The molecule has 0 amide bonds. The Balaban J connectivity index is 3.11. The molecule has 3 nitrogen and oxygen atoms in total. The molecule has 0 aliphatic heterocycles. The van der Waals surface area contributed by atoms with Gasteiger partial charge in [0.25, 0.3) is 0 Å². The Bertz CT molecular complexity index is 328. The Morgan fingerprint density at radius 2 is 2.14 bits per heavy atom. The molecule has 3 N–H and O–H groups in total. The van der Waals surface area contributed by atoms with E-state index < -0.39 is 6.10 Å². The molecule has 78 valence electrons. The molecule has 0 aliphatic rings. The lowest BCUT2D eigenvalue weighted by Crippen LogP contribution is -2.17. The summed E-state index contributed by atoms with van der Waals surface area (Å²) < 4.78 is 0. The largest absolute Gasteiger partial charge is 0.506 e. The van der Waals surface area contributed by atoms with Crippen LogP contribution in [0.3, 0.4) is 0 Å². The van der Waals surface area contributed by atoms with Crippen LogP contribution in [-0.2, 0) is 0 Å². The molecule has 14 heavy (non-hydrogen) atoms. The first-order valence-corrected chi connectivity index (χ1v) is 4.76. The molecule has 0 saturated carbocycles. The third-order valence-electron chi connectivity index (χ3n) is 2.12. The predicted octanol–water partition coefficient (Wildman–Crippen LogP) is 1.61. The molecule has 1 aromatic rings. The lowest BCUT2D eigenvalue weighted by atomic mass is 10.0. The van der Waals surface area contributed by atoms with Crippen molar-refractivity contribution in [1.82, 2.24) is 5.32 Å². The number of rotatable bonds is 3. The van der Waals surface area contributed by atoms with Crippen LogP contribution in [0.1, 0.15) is 17.2 Å². The molecule has 0 bridgehead atoms. The minimum Gasteiger partial charge on any atom is -0.506 e. The van der Waals surface area contributed by atoms with E-state index in [0.717, 1.165) is 5.56 Å². The number of aliphatic hydroxyl groups excluding tert-OH is 1. The lowest BCUT2D eigenvalue weighted by Gasteiger charge is -2.15. The molecule has 0 spiro atoms. The number of benzene rings is 1. The van der Waals surface area contributed by atoms with Gasteiger partial charge < -0.3 is 15.5 Å². The maximum Gasteiger partial charge on any atom is 0.140 e. The Morgan fingerprint density at radius 3 is 2.71 bits per heavy atom. The van der Waals surface area contributed by atoms with Gasteiger partial charge in [-0.15, -0.1) is 0 Å². The molecule has 1 atom stereocenters. The quantitative estimate of drug-likeness (QED) is 0.718. The van der Waals surface area contributed by atoms with Gasteiger partial charge in [0.05, 0.1) is 11.1 Å². The average Bonchev–Trinajstić information content (AvgIpc) is 2.13. The zero-order valence-electron chi connectivity index (χ0n) is 8.21. The number of hydrogen-bond donors (Lipinski definition) is 3. The molecule has 4 heteroatoms. The van der Waals surface area contributed by atoms with Gasteiger partial charge in [-0.05, 0) is 25.6 Å². The summed E-state index contributed by atoms with van der Waals surface area (Å²) in [6.45, 7) is 2.21. The van der Waals surface area contributed by atoms with Gasteiger partial charge >= 0.3 is 0 Å². The monoisotopic (exact) mass is 215 g/mol. The van der Waals surface area contributed by atoms with Crippen LogP contribution >= 0.6 is 11.6 Å². The zero-order chi connectivity index (χ0) is 10.7. The molecule has 0 radical (unpaired) electrons. The van der Waals surface area contributed by atoms with E-state index in [0.29, 0.717) is 12.1 Å². The van der Waals surface area contributed by atoms with E-state index in [-0.39, 0.29) is 10.8 Å². The highest BCUT2D eigenvalue weighted by Gasteiger charge is 2.16. The Morgan fingerprint density at radius 1 is 1.50 bits per heavy atom. The topological polar surface area (TPSA) is 52.5 Å². The highest BCUT2D eigenvalue weighted by Crippen LogP contribution is 2.33. The van der Waals surface area contributed by atoms with Gasteiger partial charge in [-0.3, -0.25) is 0 Å². The number of phenols is 1. The molecular weight excluding hydrogens is 202 g/mol. The second-order valence-electron chi connectivity index (χ2n) is 3.20. The van der Waals surface area contributed by atoms with Crippen LogP contribution in [0.2, 0.25) is 5.02 Å². The minimum atomic E-state index is -0.737. The number of phenolic OH excluding ortho intramolecular Hbond substituents is 1. The van der Waals surface area contributed by atoms with Crippen molar-refractivity contribution in [2.24, 2.45) is 0 Å². The molecule has 0 aromatic heterocycles. The number of aliphatic hydroxyl groups is 1. The van der Waals surface area contributed by atoms with E-state index in [1.807, 2.05) is 6.92 Å². The van der Waals surface area contributed by atoms with E-state index >= 15 is 0 Å². The number of aryl methyl sites for hydroxylation is 1. The first-order chi connectivity index (χ1) is 6.57. The Labute approximate surface area is 88.3 Å². The maximum atomic E-state index is 9.73. The van der Waals surface area contributed by atoms with Crippen LogP contribution in [0.4, 0.5) is 0 Å². The van der Waals surface area contributed by atoms with Gasteiger partial charge in [0, 0.05) is 12.1 Å². The van der Waals surface area contributed by atoms with E-state index in [4.69, 9.17) is 11.6 Å². The summed E-state index contributed by atoms with van der Waals surface area (Å²) in [5, 5.41) is 22.5. The number of halogens is 1. The standard InChI is InChI=1S/C10H14ClNO2/c1-6-3-4-7(11)10(14)9(6)8(13)5-12-2/h3-4,8,12-14H,5H2,1-2H3. The minimum absolute atomic E-state index is 0.0329. The average molecular weight is 216 g/mol. The van der Waals surface area contributed by atoms with Crippen molar-refractivity contribution >= 4 is 11.6 Å². The number of likely N-dealkylation sites (N-methyl/N-ethyl adjacent to an activating group) is 1. The van der Waals surface area contributed by atoms with E-state index in [2.05, 4.69) is 5.32 Å². The van der Waals surface area contributed by atoms with Crippen LogP contribution in [0, 0.1) is 6.92 Å². The third kappa shape index (κ3) is 2.18. The van der Waals surface area contributed by atoms with Gasteiger partial charge in [-0.2, -0.15) is 0 Å². The summed E-state index contributed by atoms with van der Waals surface area (Å²) in [6.07, 6.45) is -0.737. The number of aromatic hydroxyl groups is 1. The molecular formula is C10H14ClNO2. The summed E-state index contributed by atoms with van der Waals surface area (Å²) in [7, 11) is 1.74. The second kappa shape index (κ2) is 4.64. The molecule has 1 unspecified atom stereocenters. The normalized spacial score (nSPS) is 12.9. The summed E-state index contributed by atoms with van der Waals surface area (Å²) in [5.74, 6) is -0.0329. The van der Waals surface area contributed by atoms with Crippen LogP contribution in [0.15, 0.2) is 12.1 Å². The first-order valence-electron chi connectivity index (χ1n) is 4.38. The van der Waals surface area contributed by atoms with Crippen molar-refractivity contribution < 1.29 is 10.2 Å². The Kier molecular flexibility index (Phi) is 3.75. The van der Waals surface area contributed by atoms with Crippen LogP contribution in [0.25, 0.3) is 0 Å². The second-order valence-corrected chi connectivity index (χ2v) is 3.61. The highest BCUT2D eigenvalue weighted by atomic mass is 35.5. The molecule has 0 saturated heterocycles. The number of nitrogens with one attached hydrogen (secondary N) is 1. The molecule has 0 aliphatic carbocycles. The summed E-state index contributed by atoms with van der Waals surface area (Å²) in [4.78, 5) is 0. The van der Waals surface area contributed by atoms with Crippen molar-refractivity contribution in [2.75, 3.05) is 13.6 Å². The van der Waals surface area contributed by atoms with Gasteiger partial charge in [0.15, 0.2) is 0 Å². The summed E-state index contributed by atoms with van der Waals surface area (Å²) in [6, 6.07) is 3.39. The van der Waals surface area contributed by atoms with Crippen LogP contribution in [-0.4, -0.2) is 23.8 Å². The summed E-state index contributed by atoms with van der Waals surface area (Å²) >= 11 is 5.75. The van der Waals surface area contributed by atoms with E-state index in [9.17, 15) is 10.2 Å². The van der Waals surface area contributed by atoms with Crippen LogP contribution < -0.4 is 5.32 Å². The maximum absolute atomic E-state index is 9.73. The van der Waals surface area contributed by atoms with Gasteiger partial charge in [0.1, 0.15) is 5.75 Å². The van der Waals surface area contributed by atoms with Crippen molar-refractivity contribution in [2.45, 2.75) is 13.0 Å². The highest BCUT2D eigenvalue weighted by molar-refractivity contribution is 6.32. The van der Waals surface area contributed by atoms with Crippen molar-refractivity contribution in [3.8, 4) is 5.75 Å². The van der Waals surface area contributed by atoms with Gasteiger partial charge in [-0.1, -0.05) is 17.7 Å². The first kappa shape index (κ1) is 11.3. The lowest BCUT2D eigenvalue weighted by molar-refractivity contribution is 0.173. The fourth-order valence-corrected chi connectivity index (χ4v) is 1.56. The smallest absolute Gasteiger partial charge is 0.140 e. The third-order valence-corrected chi connectivity index (χ3v) is 2.42. The molecule has 1 rings (SSSR count). The Hall–Kier alpha value is -0.770. The SMILES string of the molecule is CNCC(O)c1c(C)ccc(Cl)c1O. The summed E-state index contributed by atoms with van der Waals surface area (Å²) in [5.41, 5.74) is 1.32. The predicted molar refractivity (Wildman–Crippen MR) is 56.7 cm³/mol. The fraction of sp³-hybridized carbons (Fsp3) is 0.400. The van der Waals surface area contributed by atoms with Gasteiger partial charge in [0.2, 0.25) is 0 Å². The molecule has 0 fully saturated rings. The van der Waals surface area contributed by atoms with Gasteiger partial charge in [-0.25, -0.2) is 0 Å². The fourth-order valence-electron chi connectivity index (χ4n) is 1.40. The van der Waals surface area contributed by atoms with Crippen molar-refractivity contribution in [1.29, 1.82) is 0 Å². The van der Waals surface area contributed by atoms with E-state index in [1.165, 1.54) is 0 Å². The van der Waals surface area contributed by atoms with Crippen molar-refractivity contribution in [3.05, 3.63) is 28.3 Å². The molecule has 1 aromatic carbocycles. The number of hydrogen-bond acceptors (Lipinski definition) is 3. The zero-order valence-corrected chi connectivity index (χ0v) is 8.97.